The second-order valence-electron chi connectivity index (χ2n) is 20.0. The van der Waals surface area contributed by atoms with Gasteiger partial charge in [-0.2, -0.15) is 13.2 Å². The smallest absolute Gasteiger partial charge is 0.411 e. The first-order chi connectivity index (χ1) is 32.3. The Morgan fingerprint density at radius 1 is 1.00 bits per heavy atom. The van der Waals surface area contributed by atoms with Crippen LogP contribution in [0.4, 0.5) is 18.0 Å². The van der Waals surface area contributed by atoms with Crippen LogP contribution < -0.4 is 29.0 Å². The Morgan fingerprint density at radius 2 is 1.67 bits per heavy atom. The molecule has 376 valence electrons. The lowest BCUT2D eigenvalue weighted by atomic mass is 9.85. The van der Waals surface area contributed by atoms with Gasteiger partial charge in [0.05, 0.1) is 31.6 Å². The second-order valence-corrected chi connectivity index (χ2v) is 22.2. The van der Waals surface area contributed by atoms with Crippen molar-refractivity contribution < 1.29 is 64.8 Å². The van der Waals surface area contributed by atoms with Crippen LogP contribution in [0.1, 0.15) is 93.4 Å². The maximum atomic E-state index is 15.3. The second kappa shape index (κ2) is 18.8. The molecule has 0 unspecified atom stereocenters. The third-order valence-electron chi connectivity index (χ3n) is 14.1. The zero-order chi connectivity index (χ0) is 50.6. The number of rotatable bonds is 12. The predicted octanol–water partition coefficient (Wildman–Crippen LogP) is 7.63. The topological polar surface area (TPSA) is 203 Å². The van der Waals surface area contributed by atoms with Crippen molar-refractivity contribution >= 4 is 44.6 Å². The van der Waals surface area contributed by atoms with Crippen LogP contribution in [0.15, 0.2) is 54.6 Å². The average Bonchev–Trinajstić information content (AvgIpc) is 4.15. The van der Waals surface area contributed by atoms with Gasteiger partial charge in [0.1, 0.15) is 46.5 Å². The number of nitrogens with one attached hydrogen (secondary N) is 2. The van der Waals surface area contributed by atoms with E-state index >= 15 is 4.79 Å². The zero-order valence-electron chi connectivity index (χ0n) is 40.3. The quantitative estimate of drug-likeness (QED) is 0.150. The van der Waals surface area contributed by atoms with Crippen LogP contribution in [0, 0.1) is 17.8 Å². The lowest BCUT2D eigenvalue weighted by Gasteiger charge is -2.45. The van der Waals surface area contributed by atoms with Gasteiger partial charge in [-0.1, -0.05) is 26.0 Å². The largest absolute Gasteiger partial charge is 0.497 e. The first-order valence-electron chi connectivity index (χ1n) is 23.2. The van der Waals surface area contributed by atoms with E-state index in [0.717, 1.165) is 4.90 Å². The standard InChI is InChI=1S/C49H62F3N5O11S/c1-27(2)67-32-16-14-30(15-17-32)38-40(66-9)36-23-33(65-8)18-19-35(36)42(53-38)68-34-24-37-41(58)54-48(44(60)55-69(63,64)47(7)20-21-47)25-31(48)13-11-10-12-28(3)22-29(4)39(43(59)56(37)26-34)57(45(61)62)46(5,6)49(50,51)52/h11,13-19,23,27-29,31,34,37,39H,10,12,20-22,24-26H2,1-9H3,(H,54,58)(H,55,60)(H,61,62)/t28-,29+,31+,34+,37-,39-,48+/m0/s1. The summed E-state index contributed by atoms with van der Waals surface area (Å²) in [5.74, 6) is -3.32. The number of benzene rings is 2. The molecule has 16 nitrogen and oxygen atoms in total. The Labute approximate surface area is 400 Å². The molecule has 69 heavy (non-hydrogen) atoms. The van der Waals surface area contributed by atoms with Gasteiger partial charge in [0.2, 0.25) is 27.7 Å². The van der Waals surface area contributed by atoms with Crippen LogP contribution >= 0.6 is 0 Å². The minimum atomic E-state index is -5.13. The van der Waals surface area contributed by atoms with Gasteiger partial charge >= 0.3 is 12.3 Å². The number of aromatic nitrogens is 1. The van der Waals surface area contributed by atoms with Crippen LogP contribution in [-0.2, 0) is 24.4 Å². The molecule has 2 aromatic carbocycles. The molecule has 2 aliphatic heterocycles. The Hall–Kier alpha value is -5.79. The fraction of sp³-hybridized carbons (Fsp3) is 0.571. The van der Waals surface area contributed by atoms with Gasteiger partial charge in [0, 0.05) is 28.7 Å². The molecule has 0 radical (unpaired) electrons. The molecule has 3 fully saturated rings. The number of pyridine rings is 1. The lowest BCUT2D eigenvalue weighted by Crippen LogP contribution is -2.66. The number of ether oxygens (including phenoxy) is 4. The number of amides is 4. The summed E-state index contributed by atoms with van der Waals surface area (Å²) in [6.45, 7) is 9.63. The van der Waals surface area contributed by atoms with Crippen LogP contribution in [-0.4, -0.2) is 119 Å². The molecular formula is C49H62F3N5O11S. The third-order valence-corrected chi connectivity index (χ3v) is 16.3. The molecule has 3 N–H and O–H groups in total. The van der Waals surface area contributed by atoms with Crippen LogP contribution in [0.2, 0.25) is 0 Å². The predicted molar refractivity (Wildman–Crippen MR) is 249 cm³/mol. The molecule has 7 rings (SSSR count). The van der Waals surface area contributed by atoms with Crippen molar-refractivity contribution in [2.45, 2.75) is 140 Å². The van der Waals surface area contributed by atoms with Crippen molar-refractivity contribution in [3.63, 3.8) is 0 Å². The highest BCUT2D eigenvalue weighted by Crippen LogP contribution is 2.49. The van der Waals surface area contributed by atoms with Crippen molar-refractivity contribution in [2.75, 3.05) is 20.8 Å². The SMILES string of the molecule is COc1ccc2c(O[C@@H]3C[C@H]4C(=O)N[C@]5(C(=O)NS(=O)(=O)C6(C)CC6)C[C@H]5C=CCC[C@H](C)C[C@@H](C)[C@H](N(C(=O)O)C(C)(C)C(F)(F)F)C(=O)N4C3)nc(-c3ccc(OC(C)C)cc3)c(OC)c2c1. The molecule has 2 aliphatic carbocycles. The Morgan fingerprint density at radius 3 is 2.26 bits per heavy atom. The molecule has 7 atom stereocenters. The van der Waals surface area contributed by atoms with E-state index in [0.29, 0.717) is 78.8 Å². The van der Waals surface area contributed by atoms with Crippen LogP contribution in [0.5, 0.6) is 23.1 Å². The van der Waals surface area contributed by atoms with E-state index in [-0.39, 0.29) is 42.1 Å². The number of hydrogen-bond donors (Lipinski definition) is 3. The Kier molecular flexibility index (Phi) is 13.9. The van der Waals surface area contributed by atoms with E-state index in [1.807, 2.05) is 20.8 Å². The maximum absolute atomic E-state index is 15.3. The number of carboxylic acid groups (broad SMARTS) is 1. The van der Waals surface area contributed by atoms with Gasteiger partial charge in [0.15, 0.2) is 5.75 Å². The van der Waals surface area contributed by atoms with Gasteiger partial charge in [-0.15, -0.1) is 0 Å². The van der Waals surface area contributed by atoms with Crippen LogP contribution in [0.25, 0.3) is 22.0 Å². The molecule has 20 heteroatoms. The number of carbonyl (C=O) groups excluding carboxylic acids is 3. The van der Waals surface area contributed by atoms with Crippen molar-refractivity contribution in [2.24, 2.45) is 17.8 Å². The fourth-order valence-corrected chi connectivity index (χ4v) is 10.9. The van der Waals surface area contributed by atoms with Gasteiger partial charge in [0.25, 0.3) is 5.91 Å². The number of nitrogens with zero attached hydrogens (tertiary/aromatic N) is 3. The summed E-state index contributed by atoms with van der Waals surface area (Å²) in [5.41, 5.74) is -3.89. The van der Waals surface area contributed by atoms with Gasteiger partial charge in [-0.25, -0.2) is 18.2 Å². The minimum absolute atomic E-state index is 0.0221. The summed E-state index contributed by atoms with van der Waals surface area (Å²) in [6.07, 6.45) is -3.30. The number of hydrogen-bond acceptors (Lipinski definition) is 11. The minimum Gasteiger partial charge on any atom is -0.497 e. The summed E-state index contributed by atoms with van der Waals surface area (Å²) < 4.78 is 96.6. The summed E-state index contributed by atoms with van der Waals surface area (Å²) in [5, 5.41) is 14.4. The Bertz CT molecular complexity index is 2620. The number of halogens is 3. The van der Waals surface area contributed by atoms with E-state index in [2.05, 4.69) is 10.0 Å². The van der Waals surface area contributed by atoms with Crippen molar-refractivity contribution in [3.8, 4) is 34.4 Å². The van der Waals surface area contributed by atoms with Gasteiger partial charge in [-0.05, 0) is 127 Å². The molecule has 0 spiro atoms. The lowest BCUT2D eigenvalue weighted by molar-refractivity contribution is -0.222. The number of carbonyl (C=O) groups is 4. The highest BCUT2D eigenvalue weighted by Gasteiger charge is 2.64. The molecule has 0 bridgehead atoms. The third kappa shape index (κ3) is 10.00. The number of sulfonamides is 1. The molecule has 2 saturated carbocycles. The van der Waals surface area contributed by atoms with E-state index < -0.39 is 92.4 Å². The molecule has 3 heterocycles. The number of alkyl halides is 3. The van der Waals surface area contributed by atoms with E-state index in [1.54, 1.807) is 54.6 Å². The fourth-order valence-electron chi connectivity index (χ4n) is 9.56. The summed E-state index contributed by atoms with van der Waals surface area (Å²) in [7, 11) is -1.18. The molecule has 1 saturated heterocycles. The highest BCUT2D eigenvalue weighted by molar-refractivity contribution is 7.91. The Balaban J connectivity index is 1.34. The van der Waals surface area contributed by atoms with Crippen molar-refractivity contribution in [1.29, 1.82) is 0 Å². The van der Waals surface area contributed by atoms with Crippen molar-refractivity contribution in [3.05, 3.63) is 54.6 Å². The molecule has 1 aromatic heterocycles. The highest BCUT2D eigenvalue weighted by atomic mass is 32.2. The van der Waals surface area contributed by atoms with Crippen LogP contribution in [0.3, 0.4) is 0 Å². The number of fused-ring (bicyclic) bond motifs is 3. The average molecular weight is 986 g/mol. The first-order valence-corrected chi connectivity index (χ1v) is 24.7. The summed E-state index contributed by atoms with van der Waals surface area (Å²) in [4.78, 5) is 63.7. The maximum Gasteiger partial charge on any atom is 0.411 e. The molecule has 4 aliphatic rings. The normalized spacial score (nSPS) is 26.2. The zero-order valence-corrected chi connectivity index (χ0v) is 41.1. The van der Waals surface area contributed by atoms with E-state index in [9.17, 15) is 41.1 Å². The van der Waals surface area contributed by atoms with Gasteiger partial charge in [-0.3, -0.25) is 24.0 Å². The monoisotopic (exact) mass is 985 g/mol. The number of methoxy groups -OCH3 is 2. The molecule has 3 aromatic rings. The first kappa shape index (κ1) is 51.1. The van der Waals surface area contributed by atoms with Crippen molar-refractivity contribution in [1.82, 2.24) is 24.8 Å². The van der Waals surface area contributed by atoms with E-state index in [1.165, 1.54) is 28.1 Å². The summed E-state index contributed by atoms with van der Waals surface area (Å²) >= 11 is 0. The summed E-state index contributed by atoms with van der Waals surface area (Å²) in [6, 6.07) is 8.71. The molecule has 4 amide bonds. The number of allylic oxidation sites excluding steroid dienone is 1. The molecular weight excluding hydrogens is 924 g/mol. The van der Waals surface area contributed by atoms with E-state index in [4.69, 9.17) is 23.9 Å². The van der Waals surface area contributed by atoms with Gasteiger partial charge < -0.3 is 34.3 Å².